The van der Waals surface area contributed by atoms with Crippen LogP contribution in [0.25, 0.3) is 11.1 Å². The van der Waals surface area contributed by atoms with Crippen molar-refractivity contribution in [2.24, 2.45) is 0 Å². The molecular weight excluding hydrogens is 296 g/mol. The average Bonchev–Trinajstić information content (AvgIpc) is 3.07. The van der Waals surface area contributed by atoms with Crippen molar-refractivity contribution >= 4 is 11.6 Å². The van der Waals surface area contributed by atoms with E-state index in [2.05, 4.69) is 41.4 Å². The first-order valence-corrected chi connectivity index (χ1v) is 7.44. The lowest BCUT2D eigenvalue weighted by Crippen LogP contribution is -2.06. The normalized spacial score (nSPS) is 12.1. The number of hydrogen-bond acceptors (Lipinski definition) is 2. The third-order valence-corrected chi connectivity index (χ3v) is 3.69. The van der Waals surface area contributed by atoms with E-state index < -0.39 is 0 Å². The Morgan fingerprint density at radius 3 is 2.59 bits per heavy atom. The van der Waals surface area contributed by atoms with Gasteiger partial charge in [-0.1, -0.05) is 41.9 Å². The number of rotatable bonds is 5. The third kappa shape index (κ3) is 3.31. The third-order valence-electron chi connectivity index (χ3n) is 3.45. The fourth-order valence-electron chi connectivity index (χ4n) is 2.30. The minimum absolute atomic E-state index is 0.100. The summed E-state index contributed by atoms with van der Waals surface area (Å²) in [6.45, 7) is 3.98. The SMILES string of the molecule is [CH2]CC(Oc1cccc(Cl)c1)c1ccc(-c2cn[nH]c2)cc1. The fraction of sp³-hybridized carbons (Fsp3) is 0.111. The zero-order chi connectivity index (χ0) is 15.4. The van der Waals surface area contributed by atoms with Gasteiger partial charge in [0.15, 0.2) is 0 Å². The van der Waals surface area contributed by atoms with Gasteiger partial charge in [0.1, 0.15) is 11.9 Å². The Labute approximate surface area is 134 Å². The predicted molar refractivity (Wildman–Crippen MR) is 88.8 cm³/mol. The van der Waals surface area contributed by atoms with Gasteiger partial charge < -0.3 is 4.74 Å². The molecule has 22 heavy (non-hydrogen) atoms. The van der Waals surface area contributed by atoms with Gasteiger partial charge in [0, 0.05) is 16.8 Å². The molecule has 3 nitrogen and oxygen atoms in total. The highest BCUT2D eigenvalue weighted by Gasteiger charge is 2.12. The van der Waals surface area contributed by atoms with Crippen molar-refractivity contribution in [3.8, 4) is 16.9 Å². The molecule has 0 saturated heterocycles. The molecule has 0 aliphatic carbocycles. The lowest BCUT2D eigenvalue weighted by atomic mass is 10.0. The molecule has 0 saturated carbocycles. The van der Waals surface area contributed by atoms with E-state index in [9.17, 15) is 0 Å². The van der Waals surface area contributed by atoms with Crippen LogP contribution in [-0.2, 0) is 0 Å². The Hall–Kier alpha value is -2.26. The van der Waals surface area contributed by atoms with Gasteiger partial charge in [-0.15, -0.1) is 0 Å². The number of hydrogen-bond donors (Lipinski definition) is 1. The van der Waals surface area contributed by atoms with Crippen LogP contribution in [0.2, 0.25) is 5.02 Å². The van der Waals surface area contributed by atoms with Crippen LogP contribution in [0.1, 0.15) is 18.1 Å². The standard InChI is InChI=1S/C18H16ClN2O/c1-2-18(22-17-5-3-4-16(19)10-17)14-8-6-13(7-9-14)15-11-20-21-12-15/h3-12,18H,1-2H2,(H,20,21). The van der Waals surface area contributed by atoms with Gasteiger partial charge >= 0.3 is 0 Å². The van der Waals surface area contributed by atoms with Crippen molar-refractivity contribution in [2.45, 2.75) is 12.5 Å². The van der Waals surface area contributed by atoms with Crippen LogP contribution >= 0.6 is 11.6 Å². The number of benzene rings is 2. The summed E-state index contributed by atoms with van der Waals surface area (Å²) in [4.78, 5) is 0. The van der Waals surface area contributed by atoms with Crippen LogP contribution in [-0.4, -0.2) is 10.2 Å². The Balaban J connectivity index is 1.78. The summed E-state index contributed by atoms with van der Waals surface area (Å²) in [5, 5.41) is 7.44. The minimum atomic E-state index is -0.100. The summed E-state index contributed by atoms with van der Waals surface area (Å²) in [6, 6.07) is 15.6. The Kier molecular flexibility index (Phi) is 4.45. The van der Waals surface area contributed by atoms with Gasteiger partial charge in [-0.25, -0.2) is 0 Å². The van der Waals surface area contributed by atoms with E-state index >= 15 is 0 Å². The molecule has 1 heterocycles. The maximum Gasteiger partial charge on any atom is 0.124 e. The van der Waals surface area contributed by atoms with Gasteiger partial charge in [0.05, 0.1) is 6.20 Å². The second-order valence-corrected chi connectivity index (χ2v) is 5.40. The molecule has 0 bridgehead atoms. The van der Waals surface area contributed by atoms with Crippen LogP contribution < -0.4 is 4.74 Å². The summed E-state index contributed by atoms with van der Waals surface area (Å²) in [7, 11) is 0. The molecule has 0 aliphatic heterocycles. The second kappa shape index (κ2) is 6.67. The molecular formula is C18H16ClN2O. The minimum Gasteiger partial charge on any atom is -0.486 e. The number of aromatic amines is 1. The quantitative estimate of drug-likeness (QED) is 0.714. The molecule has 3 rings (SSSR count). The Bertz CT molecular complexity index is 723. The van der Waals surface area contributed by atoms with Gasteiger partial charge in [0.2, 0.25) is 0 Å². The van der Waals surface area contributed by atoms with E-state index in [1.54, 1.807) is 6.20 Å². The predicted octanol–water partition coefficient (Wildman–Crippen LogP) is 5.07. The van der Waals surface area contributed by atoms with E-state index in [4.69, 9.17) is 16.3 Å². The summed E-state index contributed by atoms with van der Waals surface area (Å²) < 4.78 is 6.00. The lowest BCUT2D eigenvalue weighted by Gasteiger charge is -2.18. The van der Waals surface area contributed by atoms with Crippen molar-refractivity contribution in [3.05, 3.63) is 78.4 Å². The average molecular weight is 312 g/mol. The number of nitrogens with zero attached hydrogens (tertiary/aromatic N) is 1. The molecule has 3 aromatic rings. The van der Waals surface area contributed by atoms with Crippen LogP contribution in [0.5, 0.6) is 5.75 Å². The van der Waals surface area contributed by atoms with E-state index in [1.165, 1.54) is 0 Å². The molecule has 1 atom stereocenters. The molecule has 0 spiro atoms. The molecule has 4 heteroatoms. The van der Waals surface area contributed by atoms with Crippen LogP contribution in [0.4, 0.5) is 0 Å². The molecule has 1 N–H and O–H groups in total. The Morgan fingerprint density at radius 1 is 1.14 bits per heavy atom. The maximum atomic E-state index is 6.00. The van der Waals surface area contributed by atoms with Gasteiger partial charge in [-0.3, -0.25) is 5.10 Å². The van der Waals surface area contributed by atoms with Crippen molar-refractivity contribution in [1.82, 2.24) is 10.2 Å². The molecule has 1 unspecified atom stereocenters. The number of halogens is 1. The van der Waals surface area contributed by atoms with Crippen molar-refractivity contribution in [3.63, 3.8) is 0 Å². The van der Waals surface area contributed by atoms with E-state index in [0.29, 0.717) is 11.4 Å². The lowest BCUT2D eigenvalue weighted by molar-refractivity contribution is 0.208. The number of nitrogens with one attached hydrogen (secondary N) is 1. The summed E-state index contributed by atoms with van der Waals surface area (Å²) in [6.07, 6.45) is 4.21. The Morgan fingerprint density at radius 2 is 1.95 bits per heavy atom. The molecule has 0 fully saturated rings. The number of ether oxygens (including phenoxy) is 1. The molecule has 0 amide bonds. The first-order chi connectivity index (χ1) is 10.8. The molecule has 2 aromatic carbocycles. The number of aromatic nitrogens is 2. The van der Waals surface area contributed by atoms with Crippen molar-refractivity contribution < 1.29 is 4.74 Å². The molecule has 1 radical (unpaired) electrons. The van der Waals surface area contributed by atoms with Gasteiger partial charge in [0.25, 0.3) is 0 Å². The molecule has 111 valence electrons. The monoisotopic (exact) mass is 311 g/mol. The maximum absolute atomic E-state index is 6.00. The highest BCUT2D eigenvalue weighted by Crippen LogP contribution is 2.28. The van der Waals surface area contributed by atoms with Crippen LogP contribution in [0.15, 0.2) is 60.9 Å². The summed E-state index contributed by atoms with van der Waals surface area (Å²) in [5.41, 5.74) is 3.26. The largest absolute Gasteiger partial charge is 0.486 e. The number of H-pyrrole nitrogens is 1. The van der Waals surface area contributed by atoms with Gasteiger partial charge in [-0.2, -0.15) is 5.10 Å². The smallest absolute Gasteiger partial charge is 0.124 e. The van der Waals surface area contributed by atoms with Crippen molar-refractivity contribution in [2.75, 3.05) is 0 Å². The highest BCUT2D eigenvalue weighted by molar-refractivity contribution is 6.30. The first-order valence-electron chi connectivity index (χ1n) is 7.07. The zero-order valence-electron chi connectivity index (χ0n) is 12.0. The topological polar surface area (TPSA) is 37.9 Å². The van der Waals surface area contributed by atoms with E-state index in [1.807, 2.05) is 30.5 Å². The first kappa shape index (κ1) is 14.7. The zero-order valence-corrected chi connectivity index (χ0v) is 12.8. The van der Waals surface area contributed by atoms with Gasteiger partial charge in [-0.05, 0) is 42.7 Å². The van der Waals surface area contributed by atoms with Crippen LogP contribution in [0, 0.1) is 6.92 Å². The molecule has 0 aliphatic rings. The van der Waals surface area contributed by atoms with E-state index in [0.717, 1.165) is 22.4 Å². The second-order valence-electron chi connectivity index (χ2n) is 4.96. The summed E-state index contributed by atoms with van der Waals surface area (Å²) >= 11 is 5.99. The fourth-order valence-corrected chi connectivity index (χ4v) is 2.48. The summed E-state index contributed by atoms with van der Waals surface area (Å²) in [5.74, 6) is 0.750. The van der Waals surface area contributed by atoms with Crippen LogP contribution in [0.3, 0.4) is 0 Å². The molecule has 1 aromatic heterocycles. The van der Waals surface area contributed by atoms with E-state index in [-0.39, 0.29) is 6.10 Å². The van der Waals surface area contributed by atoms with Crippen molar-refractivity contribution in [1.29, 1.82) is 0 Å². The highest BCUT2D eigenvalue weighted by atomic mass is 35.5.